The molecule has 0 aliphatic rings. The zero-order valence-corrected chi connectivity index (χ0v) is 11.6. The van der Waals surface area contributed by atoms with Crippen LogP contribution in [0.1, 0.15) is 50.4 Å². The van der Waals surface area contributed by atoms with Gasteiger partial charge in [0.15, 0.2) is 0 Å². The SMILES string of the molecule is CCC(CC)CC(NC)c1ccc(C(F)(F)F)cn1. The van der Waals surface area contributed by atoms with E-state index in [2.05, 4.69) is 24.1 Å². The number of halogens is 3. The smallest absolute Gasteiger partial charge is 0.312 e. The summed E-state index contributed by atoms with van der Waals surface area (Å²) in [5.41, 5.74) is -0.0314. The monoisotopic (exact) mass is 274 g/mol. The van der Waals surface area contributed by atoms with Crippen LogP contribution < -0.4 is 5.32 Å². The van der Waals surface area contributed by atoms with Crippen molar-refractivity contribution in [3.63, 3.8) is 0 Å². The molecule has 1 atom stereocenters. The molecule has 1 heterocycles. The number of alkyl halides is 3. The first kappa shape index (κ1) is 16.0. The zero-order valence-electron chi connectivity index (χ0n) is 11.6. The Balaban J connectivity index is 2.82. The zero-order chi connectivity index (χ0) is 14.5. The lowest BCUT2D eigenvalue weighted by atomic mass is 9.93. The number of hydrogen-bond acceptors (Lipinski definition) is 2. The average molecular weight is 274 g/mol. The van der Waals surface area contributed by atoms with Crippen molar-refractivity contribution in [2.75, 3.05) is 7.05 Å². The van der Waals surface area contributed by atoms with Crippen molar-refractivity contribution >= 4 is 0 Å². The number of hydrogen-bond donors (Lipinski definition) is 1. The molecule has 0 aliphatic carbocycles. The highest BCUT2D eigenvalue weighted by Gasteiger charge is 2.31. The largest absolute Gasteiger partial charge is 0.417 e. The first-order valence-corrected chi connectivity index (χ1v) is 6.62. The van der Waals surface area contributed by atoms with Crippen LogP contribution in [0.25, 0.3) is 0 Å². The maximum Gasteiger partial charge on any atom is 0.417 e. The summed E-state index contributed by atoms with van der Waals surface area (Å²) in [6, 6.07) is 2.57. The third-order valence-corrected chi connectivity index (χ3v) is 3.54. The number of nitrogens with one attached hydrogen (secondary N) is 1. The van der Waals surface area contributed by atoms with E-state index in [1.807, 2.05) is 7.05 Å². The van der Waals surface area contributed by atoms with Crippen molar-refractivity contribution < 1.29 is 13.2 Å². The molecule has 1 unspecified atom stereocenters. The van der Waals surface area contributed by atoms with Gasteiger partial charge in [0.2, 0.25) is 0 Å². The van der Waals surface area contributed by atoms with Gasteiger partial charge in [0.1, 0.15) is 0 Å². The van der Waals surface area contributed by atoms with Crippen LogP contribution in [0, 0.1) is 5.92 Å². The van der Waals surface area contributed by atoms with Crippen LogP contribution in [0.15, 0.2) is 18.3 Å². The highest BCUT2D eigenvalue weighted by Crippen LogP contribution is 2.30. The topological polar surface area (TPSA) is 24.9 Å². The van der Waals surface area contributed by atoms with Gasteiger partial charge in [-0.25, -0.2) is 0 Å². The lowest BCUT2D eigenvalue weighted by Crippen LogP contribution is -2.21. The minimum atomic E-state index is -4.32. The highest BCUT2D eigenvalue weighted by molar-refractivity contribution is 5.19. The molecule has 108 valence electrons. The molecule has 0 saturated heterocycles. The maximum atomic E-state index is 12.5. The molecule has 0 radical (unpaired) electrons. The number of aromatic nitrogens is 1. The Kier molecular flexibility index (Phi) is 5.79. The minimum absolute atomic E-state index is 0.00665. The van der Waals surface area contributed by atoms with Crippen molar-refractivity contribution in [2.24, 2.45) is 5.92 Å². The van der Waals surface area contributed by atoms with E-state index in [-0.39, 0.29) is 6.04 Å². The van der Waals surface area contributed by atoms with Gasteiger partial charge in [-0.2, -0.15) is 13.2 Å². The molecule has 5 heteroatoms. The second kappa shape index (κ2) is 6.89. The third-order valence-electron chi connectivity index (χ3n) is 3.54. The molecule has 2 nitrogen and oxygen atoms in total. The predicted molar refractivity (Wildman–Crippen MR) is 69.7 cm³/mol. The summed E-state index contributed by atoms with van der Waals surface area (Å²) in [7, 11) is 1.81. The Morgan fingerprint density at radius 3 is 2.21 bits per heavy atom. The van der Waals surface area contributed by atoms with Crippen LogP contribution in [-0.2, 0) is 6.18 Å². The van der Waals surface area contributed by atoms with Gasteiger partial charge in [-0.05, 0) is 31.5 Å². The standard InChI is InChI=1S/C14H21F3N2/c1-4-10(5-2)8-13(18-3)12-7-6-11(9-19-12)14(15,16)17/h6-7,9-10,13,18H,4-5,8H2,1-3H3. The van der Waals surface area contributed by atoms with Crippen LogP contribution in [-0.4, -0.2) is 12.0 Å². The summed E-state index contributed by atoms with van der Waals surface area (Å²) in [4.78, 5) is 3.96. The second-order valence-electron chi connectivity index (χ2n) is 4.73. The average Bonchev–Trinajstić information content (AvgIpc) is 2.39. The lowest BCUT2D eigenvalue weighted by Gasteiger charge is -2.21. The molecule has 0 spiro atoms. The highest BCUT2D eigenvalue weighted by atomic mass is 19.4. The fourth-order valence-electron chi connectivity index (χ4n) is 2.12. The van der Waals surface area contributed by atoms with Crippen LogP contribution in [0.5, 0.6) is 0 Å². The first-order valence-electron chi connectivity index (χ1n) is 6.62. The number of pyridine rings is 1. The molecule has 19 heavy (non-hydrogen) atoms. The van der Waals surface area contributed by atoms with Crippen molar-refractivity contribution in [2.45, 2.75) is 45.3 Å². The van der Waals surface area contributed by atoms with Crippen LogP contribution in [0.2, 0.25) is 0 Å². The molecule has 0 saturated carbocycles. The first-order chi connectivity index (χ1) is 8.92. The van der Waals surface area contributed by atoms with Crippen molar-refractivity contribution in [1.29, 1.82) is 0 Å². The molecule has 0 fully saturated rings. The van der Waals surface area contributed by atoms with E-state index < -0.39 is 11.7 Å². The molecule has 0 aromatic carbocycles. The van der Waals surface area contributed by atoms with Gasteiger partial charge in [-0.1, -0.05) is 26.7 Å². The van der Waals surface area contributed by atoms with E-state index in [9.17, 15) is 13.2 Å². The molecule has 0 bridgehead atoms. The second-order valence-corrected chi connectivity index (χ2v) is 4.73. The predicted octanol–water partition coefficient (Wildman–Crippen LogP) is 4.19. The summed E-state index contributed by atoms with van der Waals surface area (Å²) < 4.78 is 37.4. The Morgan fingerprint density at radius 2 is 1.84 bits per heavy atom. The quantitative estimate of drug-likeness (QED) is 0.841. The fraction of sp³-hybridized carbons (Fsp3) is 0.643. The number of nitrogens with zero attached hydrogens (tertiary/aromatic N) is 1. The molecule has 1 aromatic heterocycles. The fourth-order valence-corrected chi connectivity index (χ4v) is 2.12. The normalized spacial score (nSPS) is 13.8. The van der Waals surface area contributed by atoms with Crippen molar-refractivity contribution in [3.05, 3.63) is 29.6 Å². The Morgan fingerprint density at radius 1 is 1.21 bits per heavy atom. The van der Waals surface area contributed by atoms with Crippen LogP contribution in [0.3, 0.4) is 0 Å². The molecular weight excluding hydrogens is 253 g/mol. The van der Waals surface area contributed by atoms with Gasteiger partial charge >= 0.3 is 6.18 Å². The van der Waals surface area contributed by atoms with Gasteiger partial charge in [0, 0.05) is 12.2 Å². The summed E-state index contributed by atoms with van der Waals surface area (Å²) in [6.07, 6.45) is -0.394. The molecular formula is C14H21F3N2. The summed E-state index contributed by atoms with van der Waals surface area (Å²) in [5, 5.41) is 3.13. The van der Waals surface area contributed by atoms with Crippen molar-refractivity contribution in [3.8, 4) is 0 Å². The van der Waals surface area contributed by atoms with Crippen LogP contribution in [0.4, 0.5) is 13.2 Å². The summed E-state index contributed by atoms with van der Waals surface area (Å²) in [6.45, 7) is 4.25. The number of rotatable bonds is 6. The van der Waals surface area contributed by atoms with E-state index >= 15 is 0 Å². The van der Waals surface area contributed by atoms with Crippen molar-refractivity contribution in [1.82, 2.24) is 10.3 Å². The lowest BCUT2D eigenvalue weighted by molar-refractivity contribution is -0.137. The van der Waals surface area contributed by atoms with Crippen LogP contribution >= 0.6 is 0 Å². The van der Waals surface area contributed by atoms with E-state index in [0.29, 0.717) is 11.6 Å². The molecule has 1 rings (SSSR count). The third kappa shape index (κ3) is 4.49. The minimum Gasteiger partial charge on any atom is -0.312 e. The Bertz CT molecular complexity index is 369. The molecule has 1 aromatic rings. The summed E-state index contributed by atoms with van der Waals surface area (Å²) >= 11 is 0. The molecule has 0 amide bonds. The maximum absolute atomic E-state index is 12.5. The van der Waals surface area contributed by atoms with E-state index in [1.165, 1.54) is 6.07 Å². The van der Waals surface area contributed by atoms with E-state index in [1.54, 1.807) is 0 Å². The van der Waals surface area contributed by atoms with Gasteiger partial charge in [0.05, 0.1) is 11.3 Å². The molecule has 0 aliphatic heterocycles. The van der Waals surface area contributed by atoms with E-state index in [0.717, 1.165) is 31.5 Å². The van der Waals surface area contributed by atoms with Gasteiger partial charge in [-0.3, -0.25) is 4.98 Å². The van der Waals surface area contributed by atoms with Gasteiger partial charge < -0.3 is 5.32 Å². The Labute approximate surface area is 112 Å². The Hall–Kier alpha value is -1.10. The molecule has 1 N–H and O–H groups in total. The van der Waals surface area contributed by atoms with Gasteiger partial charge in [0.25, 0.3) is 0 Å². The summed E-state index contributed by atoms with van der Waals surface area (Å²) in [5.74, 6) is 0.557. The van der Waals surface area contributed by atoms with Gasteiger partial charge in [-0.15, -0.1) is 0 Å². The van der Waals surface area contributed by atoms with E-state index in [4.69, 9.17) is 0 Å².